The number of carbonyl (C=O) groups excluding carboxylic acids is 2. The number of benzene rings is 2. The van der Waals surface area contributed by atoms with E-state index in [1.807, 2.05) is 6.07 Å². The van der Waals surface area contributed by atoms with Crippen LogP contribution in [0.25, 0.3) is 0 Å². The van der Waals surface area contributed by atoms with Crippen LogP contribution in [0, 0.1) is 0 Å². The monoisotopic (exact) mass is 419 g/mol. The van der Waals surface area contributed by atoms with Crippen molar-refractivity contribution in [1.29, 1.82) is 0 Å². The zero-order valence-corrected chi connectivity index (χ0v) is 15.6. The summed E-state index contributed by atoms with van der Waals surface area (Å²) in [4.78, 5) is 23.5. The Labute approximate surface area is 159 Å². The maximum absolute atomic E-state index is 12.4. The minimum Gasteiger partial charge on any atom is -0.486 e. The highest BCUT2D eigenvalue weighted by molar-refractivity contribution is 9.10. The summed E-state index contributed by atoms with van der Waals surface area (Å²) in [6, 6.07) is 9.48. The van der Waals surface area contributed by atoms with Gasteiger partial charge in [-0.3, -0.25) is 9.59 Å². The van der Waals surface area contributed by atoms with Crippen molar-refractivity contribution in [2.75, 3.05) is 23.8 Å². The van der Waals surface area contributed by atoms with Crippen LogP contribution in [0.15, 0.2) is 40.9 Å². The van der Waals surface area contributed by atoms with Crippen LogP contribution in [0.2, 0.25) is 0 Å². The third-order valence-corrected chi connectivity index (χ3v) is 4.49. The smallest absolute Gasteiger partial charge is 0.248 e. The molecule has 0 saturated heterocycles. The first-order valence-electron chi connectivity index (χ1n) is 8.00. The summed E-state index contributed by atoms with van der Waals surface area (Å²) in [6.45, 7) is 2.75. The number of hydrogen-bond donors (Lipinski definition) is 3. The number of nitrogens with one attached hydrogen (secondary N) is 2. The molecule has 2 aromatic carbocycles. The molecule has 26 heavy (non-hydrogen) atoms. The zero-order valence-electron chi connectivity index (χ0n) is 14.0. The molecule has 2 amide bonds. The number of nitrogens with two attached hydrogens (primary N) is 1. The molecule has 3 rings (SSSR count). The Balaban J connectivity index is 1.66. The van der Waals surface area contributed by atoms with E-state index in [2.05, 4.69) is 26.6 Å². The second kappa shape index (κ2) is 7.65. The Hall–Kier alpha value is -2.74. The molecule has 0 spiro atoms. The Morgan fingerprint density at radius 2 is 1.73 bits per heavy atom. The van der Waals surface area contributed by atoms with Gasteiger partial charge < -0.3 is 25.8 Å². The molecule has 0 radical (unpaired) electrons. The van der Waals surface area contributed by atoms with Gasteiger partial charge in [0, 0.05) is 27.9 Å². The number of halogens is 1. The van der Waals surface area contributed by atoms with Gasteiger partial charge in [0.25, 0.3) is 0 Å². The van der Waals surface area contributed by atoms with Crippen LogP contribution in [0.5, 0.6) is 11.5 Å². The minimum atomic E-state index is -0.513. The lowest BCUT2D eigenvalue weighted by Crippen LogP contribution is -2.32. The van der Waals surface area contributed by atoms with Crippen molar-refractivity contribution in [2.24, 2.45) is 5.73 Å². The number of hydrogen-bond acceptors (Lipinski definition) is 5. The van der Waals surface area contributed by atoms with E-state index in [4.69, 9.17) is 15.2 Å². The number of anilines is 2. The topological polar surface area (TPSA) is 103 Å². The van der Waals surface area contributed by atoms with Crippen molar-refractivity contribution >= 4 is 39.1 Å². The molecule has 0 aromatic heterocycles. The highest BCUT2D eigenvalue weighted by Gasteiger charge is 2.18. The van der Waals surface area contributed by atoms with E-state index < -0.39 is 11.9 Å². The highest BCUT2D eigenvalue weighted by Crippen LogP contribution is 2.38. The van der Waals surface area contributed by atoms with Crippen LogP contribution in [-0.2, 0) is 4.79 Å². The summed E-state index contributed by atoms with van der Waals surface area (Å²) in [5.74, 6) is 0.567. The lowest BCUT2D eigenvalue weighted by molar-refractivity contribution is -0.116. The molecule has 7 nitrogen and oxygen atoms in total. The quantitative estimate of drug-likeness (QED) is 0.691. The van der Waals surface area contributed by atoms with Crippen LogP contribution >= 0.6 is 15.9 Å². The number of fused-ring (bicyclic) bond motifs is 1. The number of rotatable bonds is 5. The molecule has 0 fully saturated rings. The molecule has 1 heterocycles. The van der Waals surface area contributed by atoms with Crippen molar-refractivity contribution in [3.05, 3.63) is 46.4 Å². The lowest BCUT2D eigenvalue weighted by atomic mass is 10.2. The van der Waals surface area contributed by atoms with E-state index in [1.54, 1.807) is 37.3 Å². The van der Waals surface area contributed by atoms with Gasteiger partial charge in [0.2, 0.25) is 11.8 Å². The fraction of sp³-hybridized carbons (Fsp3) is 0.222. The summed E-state index contributed by atoms with van der Waals surface area (Å²) in [5.41, 5.74) is 6.89. The van der Waals surface area contributed by atoms with Gasteiger partial charge in [0.05, 0.1) is 5.69 Å². The molecule has 0 bridgehead atoms. The molecule has 4 N–H and O–H groups in total. The van der Waals surface area contributed by atoms with Crippen molar-refractivity contribution in [2.45, 2.75) is 13.0 Å². The summed E-state index contributed by atoms with van der Waals surface area (Å²) < 4.78 is 11.9. The minimum absolute atomic E-state index is 0.224. The largest absolute Gasteiger partial charge is 0.486 e. The first kappa shape index (κ1) is 18.1. The number of ether oxygens (including phenoxy) is 2. The maximum Gasteiger partial charge on any atom is 0.248 e. The second-order valence-corrected chi connectivity index (χ2v) is 6.63. The number of amides is 2. The van der Waals surface area contributed by atoms with Crippen LogP contribution < -0.4 is 25.8 Å². The molecule has 1 aliphatic heterocycles. The second-order valence-electron chi connectivity index (χ2n) is 5.77. The highest BCUT2D eigenvalue weighted by atomic mass is 79.9. The van der Waals surface area contributed by atoms with Crippen LogP contribution in [-0.4, -0.2) is 31.1 Å². The van der Waals surface area contributed by atoms with Crippen molar-refractivity contribution in [3.8, 4) is 11.5 Å². The average Bonchev–Trinajstić information content (AvgIpc) is 2.62. The Bertz CT molecular complexity index is 839. The molecule has 1 atom stereocenters. The van der Waals surface area contributed by atoms with Crippen molar-refractivity contribution in [1.82, 2.24) is 0 Å². The fourth-order valence-electron chi connectivity index (χ4n) is 2.44. The van der Waals surface area contributed by atoms with Gasteiger partial charge in [-0.1, -0.05) is 0 Å². The molecule has 0 saturated carbocycles. The van der Waals surface area contributed by atoms with Crippen LogP contribution in [0.3, 0.4) is 0 Å². The Kier molecular flexibility index (Phi) is 5.32. The Morgan fingerprint density at radius 3 is 2.35 bits per heavy atom. The molecular weight excluding hydrogens is 402 g/mol. The molecule has 136 valence electrons. The van der Waals surface area contributed by atoms with Crippen LogP contribution in [0.1, 0.15) is 17.3 Å². The molecule has 0 aliphatic carbocycles. The SMILES string of the molecule is CC(Nc1cc2c(cc1Br)OCCO2)C(=O)Nc1ccc(C(N)=O)cc1. The first-order valence-corrected chi connectivity index (χ1v) is 8.80. The molecule has 8 heteroatoms. The van der Waals surface area contributed by atoms with E-state index in [-0.39, 0.29) is 5.91 Å². The molecule has 1 aliphatic rings. The van der Waals surface area contributed by atoms with Gasteiger partial charge in [-0.2, -0.15) is 0 Å². The van der Waals surface area contributed by atoms with Crippen molar-refractivity contribution in [3.63, 3.8) is 0 Å². The normalized spacial score (nSPS) is 13.6. The molecular formula is C18H18BrN3O4. The van der Waals surface area contributed by atoms with Gasteiger partial charge >= 0.3 is 0 Å². The van der Waals surface area contributed by atoms with E-state index >= 15 is 0 Å². The lowest BCUT2D eigenvalue weighted by Gasteiger charge is -2.22. The van der Waals surface area contributed by atoms with Gasteiger partial charge in [0.15, 0.2) is 11.5 Å². The van der Waals surface area contributed by atoms with Gasteiger partial charge in [-0.25, -0.2) is 0 Å². The summed E-state index contributed by atoms with van der Waals surface area (Å²) >= 11 is 3.47. The first-order chi connectivity index (χ1) is 12.4. The summed E-state index contributed by atoms with van der Waals surface area (Å²) in [7, 11) is 0. The summed E-state index contributed by atoms with van der Waals surface area (Å²) in [5, 5.41) is 5.93. The Morgan fingerprint density at radius 1 is 1.12 bits per heavy atom. The molecule has 2 aromatic rings. The van der Waals surface area contributed by atoms with E-state index in [1.165, 1.54) is 0 Å². The number of carbonyl (C=O) groups is 2. The van der Waals surface area contributed by atoms with E-state index in [9.17, 15) is 9.59 Å². The predicted octanol–water partition coefficient (Wildman–Crippen LogP) is 2.76. The molecule has 1 unspecified atom stereocenters. The third kappa shape index (κ3) is 4.08. The van der Waals surface area contributed by atoms with E-state index in [0.717, 1.165) is 10.2 Å². The van der Waals surface area contributed by atoms with Crippen LogP contribution in [0.4, 0.5) is 11.4 Å². The maximum atomic E-state index is 12.4. The number of primary amides is 1. The average molecular weight is 420 g/mol. The fourth-order valence-corrected chi connectivity index (χ4v) is 2.88. The van der Waals surface area contributed by atoms with Gasteiger partial charge in [-0.15, -0.1) is 0 Å². The summed E-state index contributed by atoms with van der Waals surface area (Å²) in [6.07, 6.45) is 0. The van der Waals surface area contributed by atoms with Crippen molar-refractivity contribution < 1.29 is 19.1 Å². The zero-order chi connectivity index (χ0) is 18.7. The standard InChI is InChI=1S/C18H18BrN3O4/c1-10(18(24)22-12-4-2-11(3-5-12)17(20)23)21-14-9-16-15(8-13(14)19)25-6-7-26-16/h2-5,8-10,21H,6-7H2,1H3,(H2,20,23)(H,22,24). The third-order valence-electron chi connectivity index (χ3n) is 3.83. The van der Waals surface area contributed by atoms with Gasteiger partial charge in [-0.05, 0) is 47.1 Å². The predicted molar refractivity (Wildman–Crippen MR) is 102 cm³/mol. The van der Waals surface area contributed by atoms with E-state index in [0.29, 0.717) is 36.0 Å². The van der Waals surface area contributed by atoms with Gasteiger partial charge in [0.1, 0.15) is 19.3 Å².